The Labute approximate surface area is 271 Å². The van der Waals surface area contributed by atoms with E-state index in [2.05, 4.69) is 16.9 Å². The van der Waals surface area contributed by atoms with Gasteiger partial charge in [0.25, 0.3) is 0 Å². The van der Waals surface area contributed by atoms with Gasteiger partial charge in [-0.1, -0.05) is 33.6 Å². The molecule has 11 heteroatoms. The van der Waals surface area contributed by atoms with Crippen LogP contribution in [-0.4, -0.2) is 93.8 Å². The lowest BCUT2D eigenvalue weighted by molar-refractivity contribution is -0.156. The number of hydrogen-bond acceptors (Lipinski definition) is 9. The van der Waals surface area contributed by atoms with Crippen LogP contribution in [0.3, 0.4) is 0 Å². The van der Waals surface area contributed by atoms with Crippen molar-refractivity contribution < 1.29 is 33.7 Å². The average molecular weight is 637 g/mol. The van der Waals surface area contributed by atoms with Crippen molar-refractivity contribution in [3.05, 3.63) is 24.0 Å². The Morgan fingerprint density at radius 1 is 1.07 bits per heavy atom. The Morgan fingerprint density at radius 3 is 2.59 bits per heavy atom. The van der Waals surface area contributed by atoms with E-state index < -0.39 is 35.4 Å². The van der Waals surface area contributed by atoms with E-state index in [-0.39, 0.29) is 37.5 Å². The maximum atomic E-state index is 14.1. The van der Waals surface area contributed by atoms with Crippen LogP contribution in [0.1, 0.15) is 84.1 Å². The average Bonchev–Trinajstić information content (AvgIpc) is 3.59. The van der Waals surface area contributed by atoms with Gasteiger partial charge >= 0.3 is 11.9 Å². The lowest BCUT2D eigenvalue weighted by Crippen LogP contribution is -2.47. The molecule has 2 saturated heterocycles. The monoisotopic (exact) mass is 636 g/mol. The molecule has 3 fully saturated rings. The molecule has 1 unspecified atom stereocenters. The summed E-state index contributed by atoms with van der Waals surface area (Å²) in [5.74, 6) is -1.04. The molecule has 250 valence electrons. The first-order valence-electron chi connectivity index (χ1n) is 17.0. The van der Waals surface area contributed by atoms with Crippen molar-refractivity contribution in [3.63, 3.8) is 0 Å². The summed E-state index contributed by atoms with van der Waals surface area (Å²) in [4.78, 5) is 52.6. The number of nitrogens with zero attached hydrogens (tertiary/aromatic N) is 4. The number of carbonyl (C=O) groups is 3. The third-order valence-corrected chi connectivity index (χ3v) is 10.2. The van der Waals surface area contributed by atoms with Crippen molar-refractivity contribution in [1.29, 1.82) is 0 Å². The van der Waals surface area contributed by atoms with Gasteiger partial charge in [-0.2, -0.15) is 0 Å². The number of aliphatic carboxylic acids is 1. The molecule has 1 aliphatic carbocycles. The molecule has 5 heterocycles. The largest absolute Gasteiger partial charge is 0.489 e. The van der Waals surface area contributed by atoms with Gasteiger partial charge in [0.1, 0.15) is 30.1 Å². The van der Waals surface area contributed by atoms with E-state index >= 15 is 0 Å². The molecule has 3 aliphatic heterocycles. The predicted molar refractivity (Wildman–Crippen MR) is 171 cm³/mol. The molecular formula is C35H48N4O7. The number of carboxylic acid groups (broad SMARTS) is 1. The molecule has 4 aliphatic rings. The van der Waals surface area contributed by atoms with Crippen molar-refractivity contribution in [2.45, 2.75) is 109 Å². The number of hydrogen-bond donors (Lipinski definition) is 1. The number of esters is 1. The Bertz CT molecular complexity index is 1450. The van der Waals surface area contributed by atoms with E-state index in [1.807, 2.05) is 26.8 Å². The number of amides is 1. The zero-order valence-electron chi connectivity index (χ0n) is 27.6. The number of fused-ring (bicyclic) bond motifs is 5. The van der Waals surface area contributed by atoms with Crippen molar-refractivity contribution >= 4 is 28.7 Å². The zero-order valence-corrected chi connectivity index (χ0v) is 27.6. The number of pyridine rings is 2. The van der Waals surface area contributed by atoms with E-state index in [1.165, 1.54) is 4.90 Å². The first kappa shape index (κ1) is 32.5. The summed E-state index contributed by atoms with van der Waals surface area (Å²) in [5.41, 5.74) is 0.997. The minimum absolute atomic E-state index is 0.0546. The van der Waals surface area contributed by atoms with Crippen LogP contribution in [0.15, 0.2) is 18.5 Å². The number of ether oxygens (including phenoxy) is 3. The summed E-state index contributed by atoms with van der Waals surface area (Å²) in [6.07, 6.45) is 10.1. The number of aromatic nitrogens is 2. The first-order valence-corrected chi connectivity index (χ1v) is 17.0. The van der Waals surface area contributed by atoms with Crippen LogP contribution in [0.4, 0.5) is 0 Å². The van der Waals surface area contributed by atoms with Gasteiger partial charge in [-0.3, -0.25) is 14.6 Å². The van der Waals surface area contributed by atoms with Gasteiger partial charge < -0.3 is 29.1 Å². The zero-order chi connectivity index (χ0) is 32.6. The molecule has 46 heavy (non-hydrogen) atoms. The summed E-state index contributed by atoms with van der Waals surface area (Å²) in [6, 6.07) is 0.770. The fourth-order valence-electron chi connectivity index (χ4n) is 7.24. The fraction of sp³-hybridized carbons (Fsp3) is 0.686. The van der Waals surface area contributed by atoms with Gasteiger partial charge in [-0.25, -0.2) is 9.78 Å². The molecule has 1 saturated carbocycles. The molecule has 0 spiro atoms. The second kappa shape index (κ2) is 13.3. The van der Waals surface area contributed by atoms with Crippen LogP contribution >= 0.6 is 0 Å². The molecule has 1 N–H and O–H groups in total. The van der Waals surface area contributed by atoms with Crippen molar-refractivity contribution in [2.24, 2.45) is 17.3 Å². The lowest BCUT2D eigenvalue weighted by Gasteiger charge is -2.34. The molecule has 0 aromatic carbocycles. The third kappa shape index (κ3) is 7.24. The van der Waals surface area contributed by atoms with E-state index in [9.17, 15) is 19.5 Å². The molecule has 1 amide bonds. The molecule has 2 aromatic rings. The second-order valence-electron chi connectivity index (χ2n) is 14.8. The molecule has 6 rings (SSSR count). The van der Waals surface area contributed by atoms with E-state index in [1.54, 1.807) is 12.4 Å². The van der Waals surface area contributed by atoms with Crippen LogP contribution in [0, 0.1) is 17.3 Å². The number of carboxylic acids is 1. The SMILES string of the molecule is CN1CCC(Oc2c3c(nc4ccncc24)O[C@@H]2C[C@@H](C(=O)O)N(C2)C(=O)[C@H](C(C)(C)C)CC(=O)O[C@H]2CC2CCCCC3)CC1. The van der Waals surface area contributed by atoms with Crippen LogP contribution in [0.25, 0.3) is 10.9 Å². The van der Waals surface area contributed by atoms with Gasteiger partial charge in [0.2, 0.25) is 11.8 Å². The van der Waals surface area contributed by atoms with Crippen LogP contribution in [0.2, 0.25) is 0 Å². The normalized spacial score (nSPS) is 28.8. The number of rotatable bonds is 3. The Kier molecular flexibility index (Phi) is 9.41. The minimum Gasteiger partial charge on any atom is -0.489 e. The minimum atomic E-state index is -1.09. The topological polar surface area (TPSA) is 131 Å². The first-order chi connectivity index (χ1) is 22.0. The smallest absolute Gasteiger partial charge is 0.326 e. The second-order valence-corrected chi connectivity index (χ2v) is 14.8. The van der Waals surface area contributed by atoms with Gasteiger partial charge in [-0.05, 0) is 63.0 Å². The Morgan fingerprint density at radius 2 is 1.85 bits per heavy atom. The standard InChI is InChI=1S/C35H48N4O7/c1-35(2,3)26-18-30(40)46-29-16-21(29)8-6-5-7-9-24-31(44-22-11-14-38(4)15-12-22)25-19-36-13-10-27(25)37-32(24)45-23-17-28(34(42)43)39(20-23)33(26)41/h10,13,19,21-23,26,28-29H,5-9,11-12,14-18,20H2,1-4H3,(H,42,43)/t21?,23-,26-,28+,29+/m1/s1. The van der Waals surface area contributed by atoms with E-state index in [4.69, 9.17) is 19.2 Å². The van der Waals surface area contributed by atoms with Crippen LogP contribution in [-0.2, 0) is 25.5 Å². The summed E-state index contributed by atoms with van der Waals surface area (Å²) in [7, 11) is 2.12. The summed E-state index contributed by atoms with van der Waals surface area (Å²) in [6.45, 7) is 7.71. The highest BCUT2D eigenvalue weighted by Gasteiger charge is 2.47. The van der Waals surface area contributed by atoms with Crippen LogP contribution < -0.4 is 9.47 Å². The molecule has 2 aromatic heterocycles. The Hall–Kier alpha value is -3.47. The molecule has 5 atom stereocenters. The Balaban J connectivity index is 1.36. The summed E-state index contributed by atoms with van der Waals surface area (Å²) in [5, 5.41) is 11.1. The van der Waals surface area contributed by atoms with Gasteiger partial charge in [0.15, 0.2) is 0 Å². The maximum Gasteiger partial charge on any atom is 0.326 e. The molecule has 2 bridgehead atoms. The maximum absolute atomic E-state index is 14.1. The van der Waals surface area contributed by atoms with Gasteiger partial charge in [0.05, 0.1) is 35.3 Å². The summed E-state index contributed by atoms with van der Waals surface area (Å²) < 4.78 is 19.2. The number of piperidine rings is 1. The highest BCUT2D eigenvalue weighted by atomic mass is 16.5. The van der Waals surface area contributed by atoms with E-state index in [0.29, 0.717) is 23.7 Å². The van der Waals surface area contributed by atoms with Crippen molar-refractivity contribution in [1.82, 2.24) is 19.8 Å². The summed E-state index contributed by atoms with van der Waals surface area (Å²) >= 11 is 0. The number of carbonyl (C=O) groups excluding carboxylic acids is 2. The van der Waals surface area contributed by atoms with Crippen molar-refractivity contribution in [2.75, 3.05) is 26.7 Å². The van der Waals surface area contributed by atoms with Crippen molar-refractivity contribution in [3.8, 4) is 11.6 Å². The fourth-order valence-corrected chi connectivity index (χ4v) is 7.24. The third-order valence-electron chi connectivity index (χ3n) is 10.2. The van der Waals surface area contributed by atoms with Crippen LogP contribution in [0.5, 0.6) is 11.6 Å². The quantitative estimate of drug-likeness (QED) is 0.476. The van der Waals surface area contributed by atoms with Gasteiger partial charge in [-0.15, -0.1) is 0 Å². The number of likely N-dealkylation sites (tertiary alicyclic amines) is 1. The highest BCUT2D eigenvalue weighted by Crippen LogP contribution is 2.42. The van der Waals surface area contributed by atoms with E-state index in [0.717, 1.165) is 74.7 Å². The molecular weight excluding hydrogens is 588 g/mol. The predicted octanol–water partition coefficient (Wildman–Crippen LogP) is 4.64. The molecule has 11 nitrogen and oxygen atoms in total. The lowest BCUT2D eigenvalue weighted by atomic mass is 9.77. The highest BCUT2D eigenvalue weighted by molar-refractivity contribution is 5.89. The van der Waals surface area contributed by atoms with Gasteiger partial charge in [0, 0.05) is 31.9 Å². The molecule has 0 radical (unpaired) electrons.